The zero-order valence-corrected chi connectivity index (χ0v) is 28.1. The molecule has 1 unspecified atom stereocenters. The van der Waals surface area contributed by atoms with Crippen molar-refractivity contribution in [3.8, 4) is 0 Å². The van der Waals surface area contributed by atoms with Gasteiger partial charge in [0, 0.05) is 19.8 Å². The standard InChI is InChI=1S/C33H71NO3Si/c1-6-11-14-16-18-21-30-35-38(36-31-22-19-17-15-12-7-2)37-32-26-33(24-20-13-8-3)25-23-29-34(27-9-4)28-10-5/h33,38H,6-32H2,1-5H3. The first-order valence-electron chi connectivity index (χ1n) is 17.3. The molecule has 1 atom stereocenters. The molecule has 38 heavy (non-hydrogen) atoms. The van der Waals surface area contributed by atoms with Gasteiger partial charge in [0.2, 0.25) is 0 Å². The van der Waals surface area contributed by atoms with E-state index in [-0.39, 0.29) is 0 Å². The second-order valence-electron chi connectivity index (χ2n) is 11.6. The van der Waals surface area contributed by atoms with Gasteiger partial charge in [-0.25, -0.2) is 0 Å². The van der Waals surface area contributed by atoms with Crippen LogP contribution in [-0.4, -0.2) is 53.9 Å². The molecule has 0 aliphatic rings. The Morgan fingerprint density at radius 3 is 1.39 bits per heavy atom. The molecule has 0 fully saturated rings. The highest BCUT2D eigenvalue weighted by Gasteiger charge is 2.17. The maximum atomic E-state index is 6.36. The van der Waals surface area contributed by atoms with Crippen LogP contribution in [-0.2, 0) is 13.3 Å². The van der Waals surface area contributed by atoms with Crippen molar-refractivity contribution in [3.63, 3.8) is 0 Å². The van der Waals surface area contributed by atoms with Gasteiger partial charge in [0.05, 0.1) is 0 Å². The van der Waals surface area contributed by atoms with Crippen molar-refractivity contribution in [1.29, 1.82) is 0 Å². The molecule has 0 saturated carbocycles. The summed E-state index contributed by atoms with van der Waals surface area (Å²) >= 11 is 0. The zero-order chi connectivity index (χ0) is 27.9. The highest BCUT2D eigenvalue weighted by atomic mass is 28.3. The van der Waals surface area contributed by atoms with Crippen LogP contribution in [0.4, 0.5) is 0 Å². The second kappa shape index (κ2) is 31.6. The first kappa shape index (κ1) is 38.1. The van der Waals surface area contributed by atoms with Crippen LogP contribution in [0.1, 0.15) is 169 Å². The minimum absolute atomic E-state index is 0.776. The molecular formula is C33H71NO3Si. The smallest absolute Gasteiger partial charge is 0.376 e. The summed E-state index contributed by atoms with van der Waals surface area (Å²) in [7, 11) is -2.03. The Hall–Kier alpha value is 0.0569. The molecule has 0 rings (SSSR count). The molecule has 230 valence electrons. The molecule has 0 aliphatic heterocycles. The molecule has 0 aromatic carbocycles. The molecule has 0 amide bonds. The van der Waals surface area contributed by atoms with E-state index in [1.807, 2.05) is 0 Å². The van der Waals surface area contributed by atoms with E-state index in [4.69, 9.17) is 13.3 Å². The molecule has 0 saturated heterocycles. The molecule has 0 bridgehead atoms. The summed E-state index contributed by atoms with van der Waals surface area (Å²) < 4.78 is 18.8. The van der Waals surface area contributed by atoms with Crippen molar-refractivity contribution in [2.24, 2.45) is 5.92 Å². The van der Waals surface area contributed by atoms with E-state index in [0.717, 1.165) is 45.0 Å². The number of hydrogen-bond donors (Lipinski definition) is 0. The van der Waals surface area contributed by atoms with Crippen LogP contribution in [0.5, 0.6) is 0 Å². The third-order valence-corrected chi connectivity index (χ3v) is 9.19. The Bertz CT molecular complexity index is 416. The monoisotopic (exact) mass is 558 g/mol. The normalized spacial score (nSPS) is 12.7. The van der Waals surface area contributed by atoms with Crippen molar-refractivity contribution < 1.29 is 13.3 Å². The van der Waals surface area contributed by atoms with Crippen LogP contribution in [0.3, 0.4) is 0 Å². The van der Waals surface area contributed by atoms with E-state index in [2.05, 4.69) is 39.5 Å². The molecular weight excluding hydrogens is 486 g/mol. The summed E-state index contributed by atoms with van der Waals surface area (Å²) in [4.78, 5) is 2.66. The predicted octanol–water partition coefficient (Wildman–Crippen LogP) is 9.96. The van der Waals surface area contributed by atoms with Gasteiger partial charge in [-0.3, -0.25) is 0 Å². The lowest BCUT2D eigenvalue weighted by molar-refractivity contribution is 0.0841. The van der Waals surface area contributed by atoms with Crippen LogP contribution >= 0.6 is 0 Å². The summed E-state index contributed by atoms with van der Waals surface area (Å²) in [5.74, 6) is 0.776. The third kappa shape index (κ3) is 26.3. The minimum Gasteiger partial charge on any atom is -0.376 e. The number of hydrogen-bond acceptors (Lipinski definition) is 4. The Labute approximate surface area is 242 Å². The summed E-state index contributed by atoms with van der Waals surface area (Å²) in [6.45, 7) is 17.7. The number of unbranched alkanes of at least 4 members (excludes halogenated alkanes) is 12. The topological polar surface area (TPSA) is 30.9 Å². The van der Waals surface area contributed by atoms with Gasteiger partial charge in [0.15, 0.2) is 0 Å². The van der Waals surface area contributed by atoms with E-state index in [0.29, 0.717) is 0 Å². The quantitative estimate of drug-likeness (QED) is 0.0608. The Morgan fingerprint density at radius 2 is 0.868 bits per heavy atom. The average molecular weight is 558 g/mol. The minimum atomic E-state index is -2.03. The van der Waals surface area contributed by atoms with Gasteiger partial charge >= 0.3 is 9.53 Å². The van der Waals surface area contributed by atoms with Crippen molar-refractivity contribution in [3.05, 3.63) is 0 Å². The first-order valence-corrected chi connectivity index (χ1v) is 18.7. The van der Waals surface area contributed by atoms with E-state index in [1.54, 1.807) is 0 Å². The van der Waals surface area contributed by atoms with Crippen LogP contribution in [0.15, 0.2) is 0 Å². The van der Waals surface area contributed by atoms with Gasteiger partial charge in [-0.05, 0) is 70.5 Å². The summed E-state index contributed by atoms with van der Waals surface area (Å²) in [5, 5.41) is 0. The highest BCUT2D eigenvalue weighted by molar-refractivity contribution is 6.36. The Morgan fingerprint density at radius 1 is 0.421 bits per heavy atom. The fourth-order valence-corrected chi connectivity index (χ4v) is 6.62. The summed E-state index contributed by atoms with van der Waals surface area (Å²) in [6, 6.07) is 0. The first-order chi connectivity index (χ1) is 18.7. The van der Waals surface area contributed by atoms with Gasteiger partial charge in [0.25, 0.3) is 0 Å². The van der Waals surface area contributed by atoms with Crippen LogP contribution in [0.2, 0.25) is 0 Å². The maximum absolute atomic E-state index is 6.36. The zero-order valence-electron chi connectivity index (χ0n) is 26.9. The van der Waals surface area contributed by atoms with Crippen molar-refractivity contribution in [2.45, 2.75) is 169 Å². The maximum Gasteiger partial charge on any atom is 0.484 e. The lowest BCUT2D eigenvalue weighted by Gasteiger charge is -2.23. The molecule has 0 aromatic rings. The van der Waals surface area contributed by atoms with Crippen molar-refractivity contribution in [2.75, 3.05) is 39.5 Å². The van der Waals surface area contributed by atoms with Gasteiger partial charge < -0.3 is 18.2 Å². The molecule has 0 spiro atoms. The molecule has 0 heterocycles. The van der Waals surface area contributed by atoms with Crippen LogP contribution in [0.25, 0.3) is 0 Å². The van der Waals surface area contributed by atoms with Gasteiger partial charge in [-0.1, -0.05) is 125 Å². The molecule has 0 aliphatic carbocycles. The second-order valence-corrected chi connectivity index (χ2v) is 13.1. The van der Waals surface area contributed by atoms with Gasteiger partial charge in [0.1, 0.15) is 0 Å². The molecule has 4 nitrogen and oxygen atoms in total. The van der Waals surface area contributed by atoms with E-state index >= 15 is 0 Å². The molecule has 5 heteroatoms. The largest absolute Gasteiger partial charge is 0.484 e. The third-order valence-electron chi connectivity index (χ3n) is 7.67. The number of rotatable bonds is 32. The Kier molecular flexibility index (Phi) is 31.6. The fraction of sp³-hybridized carbons (Fsp3) is 1.00. The SMILES string of the molecule is CCCCCCCCO[SiH](OCCCCCCCC)OCCC(CCCCC)CCCN(CCC)CCC. The van der Waals surface area contributed by atoms with E-state index < -0.39 is 9.53 Å². The van der Waals surface area contributed by atoms with E-state index in [9.17, 15) is 0 Å². The lowest BCUT2D eigenvalue weighted by atomic mass is 9.93. The van der Waals surface area contributed by atoms with Crippen LogP contribution in [0, 0.1) is 5.92 Å². The Balaban J connectivity index is 4.53. The van der Waals surface area contributed by atoms with Crippen LogP contribution < -0.4 is 0 Å². The fourth-order valence-electron chi connectivity index (χ4n) is 5.29. The highest BCUT2D eigenvalue weighted by Crippen LogP contribution is 2.20. The van der Waals surface area contributed by atoms with Gasteiger partial charge in [-0.15, -0.1) is 0 Å². The molecule has 0 aromatic heterocycles. The lowest BCUT2D eigenvalue weighted by Crippen LogP contribution is -2.29. The predicted molar refractivity (Wildman–Crippen MR) is 170 cm³/mol. The molecule has 0 radical (unpaired) electrons. The van der Waals surface area contributed by atoms with E-state index in [1.165, 1.54) is 135 Å². The van der Waals surface area contributed by atoms with Gasteiger partial charge in [-0.2, -0.15) is 0 Å². The van der Waals surface area contributed by atoms with Crippen molar-refractivity contribution in [1.82, 2.24) is 4.90 Å². The average Bonchev–Trinajstić information content (AvgIpc) is 2.91. The van der Waals surface area contributed by atoms with Crippen molar-refractivity contribution >= 4 is 9.53 Å². The summed E-state index contributed by atoms with van der Waals surface area (Å²) in [6.07, 6.45) is 27.2. The number of nitrogens with zero attached hydrogens (tertiary/aromatic N) is 1. The summed E-state index contributed by atoms with van der Waals surface area (Å²) in [5.41, 5.74) is 0. The molecule has 0 N–H and O–H groups in total.